The summed E-state index contributed by atoms with van der Waals surface area (Å²) in [6.45, 7) is 2.63. The molecule has 0 fully saturated rings. The standard InChI is InChI=1S/C17H20N2O2S/c1-2-5-16-19-14(11-22-16)17(20)18-10-13-9-8-12-6-3-4-7-15(12)21-13/h3-4,6-7,11,13H,2,5,8-10H2,1H3,(H,18,20). The average molecular weight is 316 g/mol. The highest BCUT2D eigenvalue weighted by atomic mass is 32.1. The van der Waals surface area contributed by atoms with Crippen molar-refractivity contribution in [3.05, 3.63) is 45.9 Å². The largest absolute Gasteiger partial charge is 0.488 e. The summed E-state index contributed by atoms with van der Waals surface area (Å²) in [4.78, 5) is 16.5. The fourth-order valence-corrected chi connectivity index (χ4v) is 3.45. The molecule has 2 aromatic rings. The van der Waals surface area contributed by atoms with Crippen molar-refractivity contribution >= 4 is 17.2 Å². The molecule has 22 heavy (non-hydrogen) atoms. The van der Waals surface area contributed by atoms with E-state index in [1.54, 1.807) is 11.3 Å². The third kappa shape index (κ3) is 3.47. The molecule has 3 rings (SSSR count). The monoisotopic (exact) mass is 316 g/mol. The molecule has 1 amide bonds. The number of amides is 1. The van der Waals surface area contributed by atoms with Crippen LogP contribution in [0.4, 0.5) is 0 Å². The van der Waals surface area contributed by atoms with E-state index >= 15 is 0 Å². The summed E-state index contributed by atoms with van der Waals surface area (Å²) in [5, 5.41) is 5.79. The Balaban J connectivity index is 1.53. The summed E-state index contributed by atoms with van der Waals surface area (Å²) >= 11 is 1.55. The highest BCUT2D eigenvalue weighted by Crippen LogP contribution is 2.26. The number of nitrogens with zero attached hydrogens (tertiary/aromatic N) is 1. The number of aryl methyl sites for hydroxylation is 2. The van der Waals surface area contributed by atoms with Crippen LogP contribution in [-0.2, 0) is 12.8 Å². The number of para-hydroxylation sites is 1. The van der Waals surface area contributed by atoms with Gasteiger partial charge in [-0.15, -0.1) is 11.3 Å². The molecule has 1 N–H and O–H groups in total. The Kier molecular flexibility index (Phi) is 4.73. The van der Waals surface area contributed by atoms with E-state index in [9.17, 15) is 4.79 Å². The van der Waals surface area contributed by atoms with Crippen LogP contribution >= 0.6 is 11.3 Å². The minimum absolute atomic E-state index is 0.0348. The lowest BCUT2D eigenvalue weighted by Crippen LogP contribution is -2.37. The second-order valence-corrected chi connectivity index (χ2v) is 6.42. The second-order valence-electron chi connectivity index (χ2n) is 5.47. The van der Waals surface area contributed by atoms with E-state index in [0.29, 0.717) is 12.2 Å². The number of thiazole rings is 1. The van der Waals surface area contributed by atoms with Gasteiger partial charge in [0.05, 0.1) is 11.6 Å². The summed E-state index contributed by atoms with van der Waals surface area (Å²) in [5.74, 6) is 0.827. The van der Waals surface area contributed by atoms with Crippen molar-refractivity contribution in [2.45, 2.75) is 38.7 Å². The molecule has 4 nitrogen and oxygen atoms in total. The normalized spacial score (nSPS) is 16.7. The maximum absolute atomic E-state index is 12.1. The van der Waals surface area contributed by atoms with Crippen molar-refractivity contribution in [1.82, 2.24) is 10.3 Å². The molecule has 5 heteroatoms. The Hall–Kier alpha value is -1.88. The molecule has 2 heterocycles. The van der Waals surface area contributed by atoms with Crippen LogP contribution in [0, 0.1) is 0 Å². The lowest BCUT2D eigenvalue weighted by molar-refractivity contribution is 0.0914. The molecular weight excluding hydrogens is 296 g/mol. The minimum Gasteiger partial charge on any atom is -0.488 e. The molecule has 1 unspecified atom stereocenters. The molecule has 1 aliphatic rings. The number of ether oxygens (including phenoxy) is 1. The number of aromatic nitrogens is 1. The maximum Gasteiger partial charge on any atom is 0.270 e. The van der Waals surface area contributed by atoms with E-state index in [2.05, 4.69) is 23.3 Å². The van der Waals surface area contributed by atoms with Crippen molar-refractivity contribution in [3.8, 4) is 5.75 Å². The number of hydrogen-bond acceptors (Lipinski definition) is 4. The van der Waals surface area contributed by atoms with Gasteiger partial charge in [-0.05, 0) is 37.3 Å². The second kappa shape index (κ2) is 6.92. The van der Waals surface area contributed by atoms with Gasteiger partial charge < -0.3 is 10.1 Å². The van der Waals surface area contributed by atoms with Crippen molar-refractivity contribution in [2.24, 2.45) is 0 Å². The minimum atomic E-state index is -0.110. The van der Waals surface area contributed by atoms with Gasteiger partial charge >= 0.3 is 0 Å². The topological polar surface area (TPSA) is 51.2 Å². The molecule has 1 aliphatic heterocycles. The van der Waals surface area contributed by atoms with Crippen molar-refractivity contribution in [3.63, 3.8) is 0 Å². The molecule has 1 atom stereocenters. The number of nitrogens with one attached hydrogen (secondary N) is 1. The number of carbonyl (C=O) groups is 1. The van der Waals surface area contributed by atoms with Crippen LogP contribution in [0.15, 0.2) is 29.6 Å². The lowest BCUT2D eigenvalue weighted by Gasteiger charge is -2.26. The van der Waals surface area contributed by atoms with Crippen LogP contribution in [0.1, 0.15) is 40.8 Å². The fourth-order valence-electron chi connectivity index (χ4n) is 2.57. The van der Waals surface area contributed by atoms with Crippen LogP contribution < -0.4 is 10.1 Å². The third-order valence-corrected chi connectivity index (χ3v) is 4.65. The number of rotatable bonds is 5. The predicted molar refractivity (Wildman–Crippen MR) is 87.6 cm³/mol. The van der Waals surface area contributed by atoms with Gasteiger partial charge in [0.2, 0.25) is 0 Å². The van der Waals surface area contributed by atoms with Crippen molar-refractivity contribution in [1.29, 1.82) is 0 Å². The molecule has 0 spiro atoms. The van der Waals surface area contributed by atoms with Gasteiger partial charge in [-0.2, -0.15) is 0 Å². The van der Waals surface area contributed by atoms with Crippen LogP contribution in [0.3, 0.4) is 0 Å². The number of hydrogen-bond donors (Lipinski definition) is 1. The van der Waals surface area contributed by atoms with E-state index in [0.717, 1.165) is 36.4 Å². The van der Waals surface area contributed by atoms with Crippen LogP contribution in [0.2, 0.25) is 0 Å². The Bertz CT molecular complexity index is 654. The lowest BCUT2D eigenvalue weighted by atomic mass is 10.0. The highest BCUT2D eigenvalue weighted by molar-refractivity contribution is 7.09. The Morgan fingerprint density at radius 3 is 3.18 bits per heavy atom. The Morgan fingerprint density at radius 1 is 1.45 bits per heavy atom. The van der Waals surface area contributed by atoms with E-state index in [-0.39, 0.29) is 12.0 Å². The van der Waals surface area contributed by atoms with Gasteiger partial charge in [0.1, 0.15) is 17.5 Å². The van der Waals surface area contributed by atoms with Gasteiger partial charge in [-0.25, -0.2) is 4.98 Å². The molecular formula is C17H20N2O2S. The van der Waals surface area contributed by atoms with Crippen molar-refractivity contribution in [2.75, 3.05) is 6.54 Å². The number of fused-ring (bicyclic) bond motifs is 1. The zero-order chi connectivity index (χ0) is 15.4. The van der Waals surface area contributed by atoms with Gasteiger partial charge in [-0.1, -0.05) is 25.1 Å². The average Bonchev–Trinajstić information content (AvgIpc) is 3.01. The molecule has 0 aliphatic carbocycles. The SMILES string of the molecule is CCCc1nc(C(=O)NCC2CCc3ccccc3O2)cs1. The first-order chi connectivity index (χ1) is 10.8. The third-order valence-electron chi connectivity index (χ3n) is 3.74. The number of benzene rings is 1. The summed E-state index contributed by atoms with van der Waals surface area (Å²) in [5.41, 5.74) is 1.76. The quantitative estimate of drug-likeness (QED) is 0.921. The first-order valence-electron chi connectivity index (χ1n) is 7.73. The molecule has 1 aromatic heterocycles. The first-order valence-corrected chi connectivity index (χ1v) is 8.61. The van der Waals surface area contributed by atoms with E-state index in [1.165, 1.54) is 5.56 Å². The van der Waals surface area contributed by atoms with E-state index < -0.39 is 0 Å². The molecule has 0 saturated heterocycles. The van der Waals surface area contributed by atoms with Crippen molar-refractivity contribution < 1.29 is 9.53 Å². The van der Waals surface area contributed by atoms with Gasteiger partial charge in [-0.3, -0.25) is 4.79 Å². The van der Waals surface area contributed by atoms with Crippen LogP contribution in [-0.4, -0.2) is 23.5 Å². The van der Waals surface area contributed by atoms with Gasteiger partial charge in [0, 0.05) is 5.38 Å². The van der Waals surface area contributed by atoms with Gasteiger partial charge in [0.25, 0.3) is 5.91 Å². The summed E-state index contributed by atoms with van der Waals surface area (Å²) in [6.07, 6.45) is 3.93. The summed E-state index contributed by atoms with van der Waals surface area (Å²) in [7, 11) is 0. The Morgan fingerprint density at radius 2 is 2.32 bits per heavy atom. The molecule has 116 valence electrons. The smallest absolute Gasteiger partial charge is 0.270 e. The summed E-state index contributed by atoms with van der Waals surface area (Å²) in [6, 6.07) is 8.08. The first kappa shape index (κ1) is 15.0. The van der Waals surface area contributed by atoms with Gasteiger partial charge in [0.15, 0.2) is 0 Å². The summed E-state index contributed by atoms with van der Waals surface area (Å²) < 4.78 is 5.93. The highest BCUT2D eigenvalue weighted by Gasteiger charge is 2.20. The molecule has 0 bridgehead atoms. The molecule has 0 saturated carbocycles. The fraction of sp³-hybridized carbons (Fsp3) is 0.412. The van der Waals surface area contributed by atoms with Crippen LogP contribution in [0.5, 0.6) is 5.75 Å². The number of carbonyl (C=O) groups excluding carboxylic acids is 1. The zero-order valence-corrected chi connectivity index (χ0v) is 13.5. The van der Waals surface area contributed by atoms with E-state index in [4.69, 9.17) is 4.74 Å². The molecule has 1 aromatic carbocycles. The Labute approximate surface area is 134 Å². The molecule has 0 radical (unpaired) electrons. The predicted octanol–water partition coefficient (Wildman–Crippen LogP) is 3.22. The van der Waals surface area contributed by atoms with E-state index in [1.807, 2.05) is 23.6 Å². The zero-order valence-electron chi connectivity index (χ0n) is 12.7. The maximum atomic E-state index is 12.1. The van der Waals surface area contributed by atoms with Crippen LogP contribution in [0.25, 0.3) is 0 Å².